The fraction of sp³-hybridized carbons (Fsp3) is 0.500. The molecule has 25 heavy (non-hydrogen) atoms. The summed E-state index contributed by atoms with van der Waals surface area (Å²) in [5.41, 5.74) is 1.69. The molecule has 0 unspecified atom stereocenters. The van der Waals surface area contributed by atoms with E-state index in [-0.39, 0.29) is 11.8 Å². The summed E-state index contributed by atoms with van der Waals surface area (Å²) in [5.74, 6) is 0.894. The molecule has 7 nitrogen and oxygen atoms in total. The minimum atomic E-state index is -0.0910. The number of nitrogens with one attached hydrogen (secondary N) is 2. The van der Waals surface area contributed by atoms with Crippen LogP contribution in [0.25, 0.3) is 0 Å². The molecule has 1 aromatic rings. The summed E-state index contributed by atoms with van der Waals surface area (Å²) in [5, 5.41) is 5.92. The monoisotopic (exact) mass is 345 g/mol. The van der Waals surface area contributed by atoms with Crippen LogP contribution in [0.5, 0.6) is 0 Å². The zero-order valence-corrected chi connectivity index (χ0v) is 15.2. The lowest BCUT2D eigenvalue weighted by Crippen LogP contribution is -2.53. The molecule has 2 rings (SSSR count). The third kappa shape index (κ3) is 5.20. The molecule has 1 aromatic carbocycles. The molecule has 1 fully saturated rings. The summed E-state index contributed by atoms with van der Waals surface area (Å²) in [7, 11) is 1.62. The molecule has 136 valence electrons. The summed E-state index contributed by atoms with van der Waals surface area (Å²) in [6.45, 7) is 7.99. The highest BCUT2D eigenvalue weighted by atomic mass is 16.2. The lowest BCUT2D eigenvalue weighted by Gasteiger charge is -2.36. The topological polar surface area (TPSA) is 77.0 Å². The first-order valence-electron chi connectivity index (χ1n) is 8.65. The average Bonchev–Trinajstić information content (AvgIpc) is 2.65. The first kappa shape index (κ1) is 18.8. The Morgan fingerprint density at radius 2 is 1.68 bits per heavy atom. The number of guanidine groups is 1. The summed E-state index contributed by atoms with van der Waals surface area (Å²) in [6, 6.07) is 7.46. The number of hydrogen-bond donors (Lipinski definition) is 2. The Morgan fingerprint density at radius 3 is 2.20 bits per heavy atom. The van der Waals surface area contributed by atoms with E-state index in [1.807, 2.05) is 36.1 Å². The fourth-order valence-electron chi connectivity index (χ4n) is 2.73. The maximum absolute atomic E-state index is 11.6. The summed E-state index contributed by atoms with van der Waals surface area (Å²) in [6.07, 6.45) is 0. The number of nitrogens with zero attached hydrogens (tertiary/aromatic N) is 3. The minimum absolute atomic E-state index is 0.0910. The van der Waals surface area contributed by atoms with Crippen LogP contribution in [0, 0.1) is 0 Å². The first-order chi connectivity index (χ1) is 12.0. The van der Waals surface area contributed by atoms with Crippen LogP contribution >= 0.6 is 0 Å². The van der Waals surface area contributed by atoms with Gasteiger partial charge in [0.25, 0.3) is 5.91 Å². The third-order valence-electron chi connectivity index (χ3n) is 4.21. The highest BCUT2D eigenvalue weighted by Gasteiger charge is 2.20. The Bertz CT molecular complexity index is 619. The molecule has 0 atom stereocenters. The molecule has 1 saturated heterocycles. The van der Waals surface area contributed by atoms with Crippen molar-refractivity contribution in [2.45, 2.75) is 20.4 Å². The van der Waals surface area contributed by atoms with E-state index in [4.69, 9.17) is 4.99 Å². The van der Waals surface area contributed by atoms with E-state index in [2.05, 4.69) is 15.5 Å². The van der Waals surface area contributed by atoms with Crippen molar-refractivity contribution in [2.24, 2.45) is 4.99 Å². The van der Waals surface area contributed by atoms with E-state index in [0.717, 1.165) is 44.2 Å². The second-order valence-corrected chi connectivity index (χ2v) is 5.94. The maximum atomic E-state index is 11.6. The number of rotatable bonds is 4. The Balaban J connectivity index is 2.00. The van der Waals surface area contributed by atoms with Gasteiger partial charge in [0.15, 0.2) is 5.96 Å². The van der Waals surface area contributed by atoms with E-state index >= 15 is 0 Å². The predicted octanol–water partition coefficient (Wildman–Crippen LogP) is 0.676. The molecule has 0 spiro atoms. The maximum Gasteiger partial charge on any atom is 0.251 e. The number of carbonyl (C=O) groups is 2. The number of piperazine rings is 1. The molecular formula is C18H27N5O2. The van der Waals surface area contributed by atoms with Gasteiger partial charge in [0, 0.05) is 52.3 Å². The van der Waals surface area contributed by atoms with Crippen LogP contribution in [0.3, 0.4) is 0 Å². The normalized spacial score (nSPS) is 15.1. The Morgan fingerprint density at radius 1 is 1.08 bits per heavy atom. The van der Waals surface area contributed by atoms with Crippen LogP contribution in [0.1, 0.15) is 29.8 Å². The zero-order chi connectivity index (χ0) is 18.2. The minimum Gasteiger partial charge on any atom is -0.357 e. The Kier molecular flexibility index (Phi) is 6.80. The third-order valence-corrected chi connectivity index (χ3v) is 4.21. The van der Waals surface area contributed by atoms with Crippen molar-refractivity contribution in [2.75, 3.05) is 39.8 Å². The summed E-state index contributed by atoms with van der Waals surface area (Å²) < 4.78 is 0. The predicted molar refractivity (Wildman–Crippen MR) is 98.5 cm³/mol. The van der Waals surface area contributed by atoms with Gasteiger partial charge in [0.1, 0.15) is 0 Å². The van der Waals surface area contributed by atoms with Crippen LogP contribution < -0.4 is 10.6 Å². The molecule has 0 radical (unpaired) electrons. The smallest absolute Gasteiger partial charge is 0.251 e. The van der Waals surface area contributed by atoms with Gasteiger partial charge in [0.05, 0.1) is 6.54 Å². The SMILES string of the molecule is CCNC(=NCc1ccc(C(=O)NC)cc1)N1CCN(C(C)=O)CC1. The van der Waals surface area contributed by atoms with Crippen molar-refractivity contribution in [3.05, 3.63) is 35.4 Å². The van der Waals surface area contributed by atoms with Crippen molar-refractivity contribution < 1.29 is 9.59 Å². The number of carbonyl (C=O) groups excluding carboxylic acids is 2. The molecule has 0 aliphatic carbocycles. The van der Waals surface area contributed by atoms with E-state index < -0.39 is 0 Å². The van der Waals surface area contributed by atoms with E-state index in [1.165, 1.54) is 0 Å². The van der Waals surface area contributed by atoms with Crippen molar-refractivity contribution >= 4 is 17.8 Å². The second kappa shape index (κ2) is 9.05. The number of benzene rings is 1. The van der Waals surface area contributed by atoms with Crippen LogP contribution in [-0.2, 0) is 11.3 Å². The van der Waals surface area contributed by atoms with Gasteiger partial charge in [-0.3, -0.25) is 9.59 Å². The molecule has 1 aliphatic heterocycles. The van der Waals surface area contributed by atoms with E-state index in [9.17, 15) is 9.59 Å². The largest absolute Gasteiger partial charge is 0.357 e. The lowest BCUT2D eigenvalue weighted by molar-refractivity contribution is -0.130. The molecule has 0 saturated carbocycles. The van der Waals surface area contributed by atoms with Gasteiger partial charge in [-0.15, -0.1) is 0 Å². The highest BCUT2D eigenvalue weighted by Crippen LogP contribution is 2.08. The van der Waals surface area contributed by atoms with Gasteiger partial charge in [-0.1, -0.05) is 12.1 Å². The first-order valence-corrected chi connectivity index (χ1v) is 8.65. The van der Waals surface area contributed by atoms with Crippen molar-refractivity contribution in [1.29, 1.82) is 0 Å². The molecule has 2 N–H and O–H groups in total. The van der Waals surface area contributed by atoms with Crippen LogP contribution in [0.4, 0.5) is 0 Å². The van der Waals surface area contributed by atoms with Gasteiger partial charge in [-0.2, -0.15) is 0 Å². The second-order valence-electron chi connectivity index (χ2n) is 5.94. The molecule has 7 heteroatoms. The highest BCUT2D eigenvalue weighted by molar-refractivity contribution is 5.93. The number of hydrogen-bond acceptors (Lipinski definition) is 3. The lowest BCUT2D eigenvalue weighted by atomic mass is 10.1. The molecule has 2 amide bonds. The van der Waals surface area contributed by atoms with Gasteiger partial charge in [-0.25, -0.2) is 4.99 Å². The van der Waals surface area contributed by atoms with Crippen LogP contribution in [-0.4, -0.2) is 67.3 Å². The van der Waals surface area contributed by atoms with Gasteiger partial charge >= 0.3 is 0 Å². The molecule has 0 bridgehead atoms. The standard InChI is InChI=1S/C18H27N5O2/c1-4-20-18(23-11-9-22(10-12-23)14(2)24)21-13-15-5-7-16(8-6-15)17(25)19-3/h5-8H,4,9-13H2,1-3H3,(H,19,25)(H,20,21). The quantitative estimate of drug-likeness (QED) is 0.621. The van der Waals surface area contributed by atoms with Crippen LogP contribution in [0.2, 0.25) is 0 Å². The van der Waals surface area contributed by atoms with E-state index in [1.54, 1.807) is 14.0 Å². The van der Waals surface area contributed by atoms with Gasteiger partial charge in [0.2, 0.25) is 5.91 Å². The van der Waals surface area contributed by atoms with Crippen molar-refractivity contribution in [3.63, 3.8) is 0 Å². The molecule has 1 heterocycles. The zero-order valence-electron chi connectivity index (χ0n) is 15.2. The van der Waals surface area contributed by atoms with E-state index in [0.29, 0.717) is 12.1 Å². The van der Waals surface area contributed by atoms with Crippen LogP contribution in [0.15, 0.2) is 29.3 Å². The van der Waals surface area contributed by atoms with Crippen molar-refractivity contribution in [1.82, 2.24) is 20.4 Å². The summed E-state index contributed by atoms with van der Waals surface area (Å²) >= 11 is 0. The summed E-state index contributed by atoms with van der Waals surface area (Å²) in [4.78, 5) is 31.8. The Hall–Kier alpha value is -2.57. The average molecular weight is 345 g/mol. The molecular weight excluding hydrogens is 318 g/mol. The van der Waals surface area contributed by atoms with Gasteiger partial charge < -0.3 is 20.4 Å². The van der Waals surface area contributed by atoms with Gasteiger partial charge in [-0.05, 0) is 24.6 Å². The number of aliphatic imine (C=N–C) groups is 1. The molecule has 0 aromatic heterocycles. The Labute approximate surface area is 149 Å². The fourth-order valence-corrected chi connectivity index (χ4v) is 2.73. The molecule has 1 aliphatic rings. The van der Waals surface area contributed by atoms with Crippen molar-refractivity contribution in [3.8, 4) is 0 Å². The number of amides is 2.